The number of esters is 1. The summed E-state index contributed by atoms with van der Waals surface area (Å²) in [6, 6.07) is 12.0. The molecule has 0 fully saturated rings. The number of amides is 2. The Balaban J connectivity index is 2.10. The zero-order valence-corrected chi connectivity index (χ0v) is 12.7. The van der Waals surface area contributed by atoms with Gasteiger partial charge in [-0.3, -0.25) is 14.4 Å². The normalized spacial score (nSPS) is 11.7. The van der Waals surface area contributed by atoms with E-state index in [2.05, 4.69) is 10.1 Å². The van der Waals surface area contributed by atoms with E-state index in [0.29, 0.717) is 5.56 Å². The fourth-order valence-corrected chi connectivity index (χ4v) is 2.22. The van der Waals surface area contributed by atoms with E-state index in [0.717, 1.165) is 10.8 Å². The summed E-state index contributed by atoms with van der Waals surface area (Å²) in [5.41, 5.74) is 5.70. The second kappa shape index (κ2) is 7.40. The molecule has 0 heterocycles. The summed E-state index contributed by atoms with van der Waals surface area (Å²) in [4.78, 5) is 34.9. The molecule has 0 aliphatic heterocycles. The zero-order valence-electron chi connectivity index (χ0n) is 12.7. The molecule has 6 heteroatoms. The summed E-state index contributed by atoms with van der Waals surface area (Å²) in [5.74, 6) is -1.57. The molecule has 2 rings (SSSR count). The molecule has 0 unspecified atom stereocenters. The third kappa shape index (κ3) is 4.29. The van der Waals surface area contributed by atoms with Gasteiger partial charge in [0.2, 0.25) is 5.91 Å². The molecule has 6 nitrogen and oxygen atoms in total. The summed E-state index contributed by atoms with van der Waals surface area (Å²) in [7, 11) is 1.26. The maximum absolute atomic E-state index is 12.3. The lowest BCUT2D eigenvalue weighted by atomic mass is 10.1. The van der Waals surface area contributed by atoms with Crippen LogP contribution in [0.2, 0.25) is 0 Å². The van der Waals surface area contributed by atoms with Gasteiger partial charge in [0.15, 0.2) is 0 Å². The number of nitrogens with two attached hydrogens (primary N) is 1. The second-order valence-corrected chi connectivity index (χ2v) is 5.11. The van der Waals surface area contributed by atoms with Gasteiger partial charge in [0.25, 0.3) is 5.91 Å². The van der Waals surface area contributed by atoms with Crippen molar-refractivity contribution in [1.29, 1.82) is 0 Å². The molecular weight excluding hydrogens is 296 g/mol. The Morgan fingerprint density at radius 1 is 1.13 bits per heavy atom. The third-order valence-corrected chi connectivity index (χ3v) is 3.53. The highest BCUT2D eigenvalue weighted by Crippen LogP contribution is 2.15. The Kier molecular flexibility index (Phi) is 5.30. The number of primary amides is 1. The van der Waals surface area contributed by atoms with Crippen LogP contribution in [0.4, 0.5) is 0 Å². The van der Waals surface area contributed by atoms with Crippen molar-refractivity contribution in [1.82, 2.24) is 5.32 Å². The van der Waals surface area contributed by atoms with Crippen molar-refractivity contribution in [3.05, 3.63) is 48.0 Å². The zero-order chi connectivity index (χ0) is 16.8. The van der Waals surface area contributed by atoms with E-state index in [9.17, 15) is 14.4 Å². The molecule has 23 heavy (non-hydrogen) atoms. The van der Waals surface area contributed by atoms with Gasteiger partial charge in [-0.1, -0.05) is 30.3 Å². The number of hydrogen-bond donors (Lipinski definition) is 2. The molecule has 0 radical (unpaired) electrons. The summed E-state index contributed by atoms with van der Waals surface area (Å²) in [6.45, 7) is 0. The summed E-state index contributed by atoms with van der Waals surface area (Å²) in [6.07, 6.45) is 0.101. The molecule has 1 atom stereocenters. The molecule has 120 valence electrons. The van der Waals surface area contributed by atoms with E-state index in [1.54, 1.807) is 12.1 Å². The first-order chi connectivity index (χ1) is 11.0. The summed E-state index contributed by atoms with van der Waals surface area (Å²) >= 11 is 0. The third-order valence-electron chi connectivity index (χ3n) is 3.53. The van der Waals surface area contributed by atoms with Gasteiger partial charge >= 0.3 is 5.97 Å². The molecule has 3 N–H and O–H groups in total. The van der Waals surface area contributed by atoms with Crippen LogP contribution in [0, 0.1) is 0 Å². The van der Waals surface area contributed by atoms with Crippen LogP contribution in [-0.2, 0) is 14.3 Å². The van der Waals surface area contributed by atoms with Crippen LogP contribution in [0.5, 0.6) is 0 Å². The maximum Gasteiger partial charge on any atom is 0.305 e. The van der Waals surface area contributed by atoms with Crippen LogP contribution in [0.25, 0.3) is 10.8 Å². The molecule has 0 bridgehead atoms. The number of fused-ring (bicyclic) bond motifs is 1. The van der Waals surface area contributed by atoms with Crippen LogP contribution < -0.4 is 11.1 Å². The summed E-state index contributed by atoms with van der Waals surface area (Å²) in [5, 5.41) is 4.49. The van der Waals surface area contributed by atoms with Crippen LogP contribution in [0.15, 0.2) is 42.5 Å². The molecule has 2 aromatic rings. The topological polar surface area (TPSA) is 98.5 Å². The molecule has 0 aliphatic rings. The van der Waals surface area contributed by atoms with Gasteiger partial charge in [-0.2, -0.15) is 0 Å². The number of benzene rings is 2. The van der Waals surface area contributed by atoms with Gasteiger partial charge in [-0.25, -0.2) is 0 Å². The Hall–Kier alpha value is -2.89. The highest BCUT2D eigenvalue weighted by Gasteiger charge is 2.20. The average Bonchev–Trinajstić information content (AvgIpc) is 2.57. The number of rotatable bonds is 6. The smallest absolute Gasteiger partial charge is 0.305 e. The molecule has 2 aromatic carbocycles. The van der Waals surface area contributed by atoms with Gasteiger partial charge in [-0.05, 0) is 29.3 Å². The van der Waals surface area contributed by atoms with Crippen LogP contribution in [-0.4, -0.2) is 30.9 Å². The van der Waals surface area contributed by atoms with E-state index in [-0.39, 0.29) is 12.8 Å². The van der Waals surface area contributed by atoms with Gasteiger partial charge in [-0.15, -0.1) is 0 Å². The lowest BCUT2D eigenvalue weighted by Crippen LogP contribution is -2.44. The van der Waals surface area contributed by atoms with Crippen LogP contribution >= 0.6 is 0 Å². The lowest BCUT2D eigenvalue weighted by molar-refractivity contribution is -0.140. The van der Waals surface area contributed by atoms with Gasteiger partial charge in [0.1, 0.15) is 6.04 Å². The highest BCUT2D eigenvalue weighted by molar-refractivity contribution is 6.00. The van der Waals surface area contributed by atoms with E-state index in [1.165, 1.54) is 7.11 Å². The average molecular weight is 314 g/mol. The Bertz CT molecular complexity index is 742. The fraction of sp³-hybridized carbons (Fsp3) is 0.235. The van der Waals surface area contributed by atoms with Crippen molar-refractivity contribution in [2.24, 2.45) is 5.73 Å². The van der Waals surface area contributed by atoms with Crippen molar-refractivity contribution < 1.29 is 19.1 Å². The number of carbonyl (C=O) groups excluding carboxylic acids is 3. The molecule has 2 amide bonds. The summed E-state index contributed by atoms with van der Waals surface area (Å²) < 4.78 is 4.51. The minimum absolute atomic E-state index is 0.00209. The predicted octanol–water partition coefficient (Wildman–Crippen LogP) is 1.38. The first-order valence-corrected chi connectivity index (χ1v) is 7.17. The molecule has 0 aliphatic carbocycles. The highest BCUT2D eigenvalue weighted by atomic mass is 16.5. The molecule has 0 spiro atoms. The van der Waals surface area contributed by atoms with E-state index < -0.39 is 23.8 Å². The Morgan fingerprint density at radius 2 is 1.83 bits per heavy atom. The Labute approximate surface area is 133 Å². The number of hydrogen-bond acceptors (Lipinski definition) is 4. The Morgan fingerprint density at radius 3 is 2.48 bits per heavy atom. The van der Waals surface area contributed by atoms with Gasteiger partial charge in [0, 0.05) is 12.0 Å². The monoisotopic (exact) mass is 314 g/mol. The quantitative estimate of drug-likeness (QED) is 0.787. The molecule has 0 aromatic heterocycles. The van der Waals surface area contributed by atoms with Crippen molar-refractivity contribution in [3.63, 3.8) is 0 Å². The number of carbonyl (C=O) groups is 3. The molecular formula is C17H18N2O4. The van der Waals surface area contributed by atoms with Crippen molar-refractivity contribution in [2.45, 2.75) is 18.9 Å². The van der Waals surface area contributed by atoms with Crippen molar-refractivity contribution >= 4 is 28.6 Å². The first kappa shape index (κ1) is 16.5. The minimum Gasteiger partial charge on any atom is -0.469 e. The number of methoxy groups -OCH3 is 1. The van der Waals surface area contributed by atoms with Crippen molar-refractivity contribution in [3.8, 4) is 0 Å². The van der Waals surface area contributed by atoms with E-state index in [4.69, 9.17) is 5.73 Å². The fourth-order valence-electron chi connectivity index (χ4n) is 2.22. The minimum atomic E-state index is -0.923. The predicted molar refractivity (Wildman–Crippen MR) is 85.6 cm³/mol. The standard InChI is InChI=1S/C17H18N2O4/c1-23-15(20)9-8-14(16(18)21)19-17(22)13-7-6-11-4-2-3-5-12(11)10-13/h2-7,10,14H,8-9H2,1H3,(H2,18,21)(H,19,22)/t14-/m0/s1. The van der Waals surface area contributed by atoms with Gasteiger partial charge < -0.3 is 15.8 Å². The van der Waals surface area contributed by atoms with Crippen LogP contribution in [0.1, 0.15) is 23.2 Å². The molecule has 0 saturated carbocycles. The number of nitrogens with one attached hydrogen (secondary N) is 1. The lowest BCUT2D eigenvalue weighted by Gasteiger charge is -2.15. The largest absolute Gasteiger partial charge is 0.469 e. The van der Waals surface area contributed by atoms with E-state index in [1.807, 2.05) is 30.3 Å². The van der Waals surface area contributed by atoms with Gasteiger partial charge in [0.05, 0.1) is 7.11 Å². The number of ether oxygens (including phenoxy) is 1. The maximum atomic E-state index is 12.3. The van der Waals surface area contributed by atoms with E-state index >= 15 is 0 Å². The van der Waals surface area contributed by atoms with Crippen LogP contribution in [0.3, 0.4) is 0 Å². The SMILES string of the molecule is COC(=O)CC[C@H](NC(=O)c1ccc2ccccc2c1)C(N)=O. The first-order valence-electron chi connectivity index (χ1n) is 7.17. The second-order valence-electron chi connectivity index (χ2n) is 5.11. The molecule has 0 saturated heterocycles. The van der Waals surface area contributed by atoms with Crippen molar-refractivity contribution in [2.75, 3.05) is 7.11 Å².